The van der Waals surface area contributed by atoms with E-state index in [1.807, 2.05) is 31.3 Å². The monoisotopic (exact) mass is 285 g/mol. The number of nitrogens with one attached hydrogen (secondary N) is 1. The van der Waals surface area contributed by atoms with E-state index in [1.54, 1.807) is 11.8 Å². The van der Waals surface area contributed by atoms with Crippen molar-refractivity contribution in [3.63, 3.8) is 0 Å². The Morgan fingerprint density at radius 3 is 2.90 bits per heavy atom. The standard InChI is InChI=1S/C16H19N3S/c1-3-10-20-11-9-17-12-16-13-18-14(2)19(16)15-7-5-4-6-8-15/h1,4-8,13,17H,9-12H2,2H3. The fourth-order valence-electron chi connectivity index (χ4n) is 2.04. The second-order valence-electron chi connectivity index (χ2n) is 4.40. The number of terminal acetylenes is 1. The Morgan fingerprint density at radius 2 is 2.15 bits per heavy atom. The van der Waals surface area contributed by atoms with Crippen molar-refractivity contribution in [2.45, 2.75) is 13.5 Å². The first-order valence-corrected chi connectivity index (χ1v) is 7.79. The molecule has 0 atom stereocenters. The van der Waals surface area contributed by atoms with E-state index in [0.717, 1.165) is 36.1 Å². The van der Waals surface area contributed by atoms with Gasteiger partial charge in [0.2, 0.25) is 0 Å². The van der Waals surface area contributed by atoms with Crippen LogP contribution in [-0.2, 0) is 6.54 Å². The summed E-state index contributed by atoms with van der Waals surface area (Å²) in [6.45, 7) is 3.79. The summed E-state index contributed by atoms with van der Waals surface area (Å²) in [5, 5.41) is 3.43. The second-order valence-corrected chi connectivity index (χ2v) is 5.51. The number of nitrogens with zero attached hydrogens (tertiary/aromatic N) is 2. The van der Waals surface area contributed by atoms with Gasteiger partial charge in [-0.3, -0.25) is 4.57 Å². The SMILES string of the molecule is C#CCSCCNCc1cnc(C)n1-c1ccccc1. The molecule has 0 saturated carbocycles. The molecule has 1 aromatic carbocycles. The summed E-state index contributed by atoms with van der Waals surface area (Å²) >= 11 is 1.77. The number of benzene rings is 1. The molecule has 1 N–H and O–H groups in total. The van der Waals surface area contributed by atoms with Gasteiger partial charge in [-0.2, -0.15) is 0 Å². The lowest BCUT2D eigenvalue weighted by atomic mass is 10.3. The molecule has 0 spiro atoms. The third-order valence-corrected chi connectivity index (χ3v) is 3.80. The van der Waals surface area contributed by atoms with E-state index in [2.05, 4.69) is 32.9 Å². The molecule has 0 aliphatic heterocycles. The molecule has 2 rings (SSSR count). The molecule has 0 bridgehead atoms. The van der Waals surface area contributed by atoms with Gasteiger partial charge in [-0.1, -0.05) is 24.1 Å². The minimum Gasteiger partial charge on any atom is -0.310 e. The van der Waals surface area contributed by atoms with Crippen molar-refractivity contribution in [2.75, 3.05) is 18.1 Å². The normalized spacial score (nSPS) is 10.4. The molecule has 0 aliphatic rings. The van der Waals surface area contributed by atoms with Crippen molar-refractivity contribution in [2.24, 2.45) is 0 Å². The largest absolute Gasteiger partial charge is 0.310 e. The van der Waals surface area contributed by atoms with E-state index in [1.165, 1.54) is 5.69 Å². The van der Waals surface area contributed by atoms with Gasteiger partial charge in [0.25, 0.3) is 0 Å². The van der Waals surface area contributed by atoms with Gasteiger partial charge < -0.3 is 5.32 Å². The summed E-state index contributed by atoms with van der Waals surface area (Å²) in [6, 6.07) is 10.3. The van der Waals surface area contributed by atoms with Crippen molar-refractivity contribution < 1.29 is 0 Å². The average Bonchev–Trinajstić information content (AvgIpc) is 2.84. The van der Waals surface area contributed by atoms with Gasteiger partial charge in [0.1, 0.15) is 5.82 Å². The first-order valence-electron chi connectivity index (χ1n) is 6.63. The van der Waals surface area contributed by atoms with Crippen molar-refractivity contribution in [3.05, 3.63) is 48.0 Å². The van der Waals surface area contributed by atoms with Gasteiger partial charge in [-0.05, 0) is 19.1 Å². The van der Waals surface area contributed by atoms with E-state index in [9.17, 15) is 0 Å². The fraction of sp³-hybridized carbons (Fsp3) is 0.312. The molecule has 0 aliphatic carbocycles. The smallest absolute Gasteiger partial charge is 0.110 e. The van der Waals surface area contributed by atoms with E-state index >= 15 is 0 Å². The number of para-hydroxylation sites is 1. The molecule has 0 saturated heterocycles. The van der Waals surface area contributed by atoms with Crippen molar-refractivity contribution in [1.29, 1.82) is 0 Å². The highest BCUT2D eigenvalue weighted by Gasteiger charge is 2.07. The molecule has 0 radical (unpaired) electrons. The molecule has 1 aromatic heterocycles. The maximum Gasteiger partial charge on any atom is 0.110 e. The quantitative estimate of drug-likeness (QED) is 0.626. The maximum atomic E-state index is 5.22. The van der Waals surface area contributed by atoms with E-state index < -0.39 is 0 Å². The van der Waals surface area contributed by atoms with E-state index in [0.29, 0.717) is 0 Å². The Labute approximate surface area is 124 Å². The lowest BCUT2D eigenvalue weighted by molar-refractivity contribution is 0.699. The van der Waals surface area contributed by atoms with Crippen LogP contribution in [0.3, 0.4) is 0 Å². The number of aromatic nitrogens is 2. The predicted octanol–water partition coefficient (Wildman–Crippen LogP) is 2.64. The topological polar surface area (TPSA) is 29.9 Å². The van der Waals surface area contributed by atoms with Crippen LogP contribution in [0.15, 0.2) is 36.5 Å². The average molecular weight is 285 g/mol. The molecule has 3 nitrogen and oxygen atoms in total. The molecular formula is C16H19N3S. The van der Waals surface area contributed by atoms with Crippen molar-refractivity contribution in [1.82, 2.24) is 14.9 Å². The molecule has 1 heterocycles. The summed E-state index contributed by atoms with van der Waals surface area (Å²) in [6.07, 6.45) is 7.15. The van der Waals surface area contributed by atoms with Gasteiger partial charge in [-0.15, -0.1) is 18.2 Å². The van der Waals surface area contributed by atoms with Crippen LogP contribution >= 0.6 is 11.8 Å². The summed E-state index contributed by atoms with van der Waals surface area (Å²) in [4.78, 5) is 4.41. The molecular weight excluding hydrogens is 266 g/mol. The van der Waals surface area contributed by atoms with Gasteiger partial charge in [0.15, 0.2) is 0 Å². The number of hydrogen-bond acceptors (Lipinski definition) is 3. The number of imidazole rings is 1. The Balaban J connectivity index is 1.95. The lowest BCUT2D eigenvalue weighted by Gasteiger charge is -2.11. The van der Waals surface area contributed by atoms with Crippen LogP contribution in [-0.4, -0.2) is 27.6 Å². The highest BCUT2D eigenvalue weighted by atomic mass is 32.2. The highest BCUT2D eigenvalue weighted by Crippen LogP contribution is 2.14. The van der Waals surface area contributed by atoms with E-state index in [-0.39, 0.29) is 0 Å². The zero-order valence-electron chi connectivity index (χ0n) is 11.7. The summed E-state index contributed by atoms with van der Waals surface area (Å²) < 4.78 is 2.18. The summed E-state index contributed by atoms with van der Waals surface area (Å²) in [7, 11) is 0. The minimum atomic E-state index is 0.780. The van der Waals surface area contributed by atoms with E-state index in [4.69, 9.17) is 6.42 Å². The molecule has 20 heavy (non-hydrogen) atoms. The third-order valence-electron chi connectivity index (χ3n) is 2.94. The predicted molar refractivity (Wildman–Crippen MR) is 86.2 cm³/mol. The van der Waals surface area contributed by atoms with Gasteiger partial charge in [0, 0.05) is 24.5 Å². The van der Waals surface area contributed by atoms with Gasteiger partial charge >= 0.3 is 0 Å². The number of aryl methyl sites for hydroxylation is 1. The first kappa shape index (κ1) is 14.7. The zero-order chi connectivity index (χ0) is 14.2. The van der Waals surface area contributed by atoms with Crippen LogP contribution < -0.4 is 5.32 Å². The molecule has 0 unspecified atom stereocenters. The molecule has 0 amide bonds. The van der Waals surface area contributed by atoms with Crippen LogP contribution in [0, 0.1) is 19.3 Å². The van der Waals surface area contributed by atoms with Crippen molar-refractivity contribution >= 4 is 11.8 Å². The summed E-state index contributed by atoms with van der Waals surface area (Å²) in [5.74, 6) is 5.45. The minimum absolute atomic E-state index is 0.780. The Kier molecular flexibility index (Phi) is 5.72. The fourth-order valence-corrected chi connectivity index (χ4v) is 2.59. The zero-order valence-corrected chi connectivity index (χ0v) is 12.5. The Hall–Kier alpha value is -1.70. The maximum absolute atomic E-state index is 5.22. The second kappa shape index (κ2) is 7.78. The van der Waals surface area contributed by atoms with Crippen LogP contribution in [0.2, 0.25) is 0 Å². The van der Waals surface area contributed by atoms with Crippen molar-refractivity contribution in [3.8, 4) is 18.0 Å². The van der Waals surface area contributed by atoms with Crippen LogP contribution in [0.25, 0.3) is 5.69 Å². The molecule has 104 valence electrons. The molecule has 0 fully saturated rings. The Morgan fingerprint density at radius 1 is 1.35 bits per heavy atom. The highest BCUT2D eigenvalue weighted by molar-refractivity contribution is 7.99. The first-order chi connectivity index (χ1) is 9.83. The lowest BCUT2D eigenvalue weighted by Crippen LogP contribution is -2.19. The van der Waals surface area contributed by atoms with Crippen LogP contribution in [0.5, 0.6) is 0 Å². The summed E-state index contributed by atoms with van der Waals surface area (Å²) in [5.41, 5.74) is 2.33. The van der Waals surface area contributed by atoms with Crippen LogP contribution in [0.1, 0.15) is 11.5 Å². The number of rotatable bonds is 7. The van der Waals surface area contributed by atoms with Gasteiger partial charge in [0.05, 0.1) is 17.6 Å². The molecule has 2 aromatic rings. The number of thioether (sulfide) groups is 1. The Bertz CT molecular complexity index is 569. The third kappa shape index (κ3) is 3.89. The van der Waals surface area contributed by atoms with Gasteiger partial charge in [-0.25, -0.2) is 4.98 Å². The van der Waals surface area contributed by atoms with Crippen LogP contribution in [0.4, 0.5) is 0 Å². The molecule has 4 heteroatoms. The number of hydrogen-bond donors (Lipinski definition) is 1.